The zero-order chi connectivity index (χ0) is 13.1. The fourth-order valence-corrected chi connectivity index (χ4v) is 2.09. The van der Waals surface area contributed by atoms with Gasteiger partial charge in [0.15, 0.2) is 0 Å². The molecule has 1 aromatic heterocycles. The lowest BCUT2D eigenvalue weighted by molar-refractivity contribution is -0.117. The van der Waals surface area contributed by atoms with Gasteiger partial charge in [0.2, 0.25) is 5.91 Å². The molecule has 1 amide bonds. The highest BCUT2D eigenvalue weighted by Crippen LogP contribution is 2.14. The molecule has 98 valence electrons. The topological polar surface area (TPSA) is 59.0 Å². The molecule has 1 aliphatic heterocycles. The van der Waals surface area contributed by atoms with Crippen molar-refractivity contribution in [3.63, 3.8) is 0 Å². The summed E-state index contributed by atoms with van der Waals surface area (Å²) in [5, 5.41) is 10.2. The summed E-state index contributed by atoms with van der Waals surface area (Å²) in [7, 11) is 0. The average molecular weight is 256 g/mol. The summed E-state index contributed by atoms with van der Waals surface area (Å²) in [5.41, 5.74) is 1.80. The number of amides is 1. The van der Waals surface area contributed by atoms with E-state index in [0.717, 1.165) is 24.5 Å². The highest BCUT2D eigenvalue weighted by Gasteiger charge is 2.19. The normalized spacial score (nSPS) is 14.9. The number of aromatic nitrogens is 2. The molecule has 2 N–H and O–H groups in total. The van der Waals surface area contributed by atoms with Gasteiger partial charge in [-0.05, 0) is 49.3 Å². The molecular weight excluding hydrogens is 240 g/mol. The minimum atomic E-state index is 0.0818. The van der Waals surface area contributed by atoms with Crippen LogP contribution in [0.5, 0.6) is 0 Å². The van der Waals surface area contributed by atoms with Crippen molar-refractivity contribution in [2.24, 2.45) is 5.92 Å². The Morgan fingerprint density at radius 1 is 1.37 bits per heavy atom. The number of hydrogen-bond donors (Lipinski definition) is 2. The Morgan fingerprint density at radius 2 is 2.16 bits per heavy atom. The number of nitrogens with one attached hydrogen (secondary N) is 2. The molecule has 0 unspecified atom stereocenters. The summed E-state index contributed by atoms with van der Waals surface area (Å²) in [5.74, 6) is 0.571. The highest BCUT2D eigenvalue weighted by atomic mass is 16.1. The predicted molar refractivity (Wildman–Crippen MR) is 73.2 cm³/mol. The van der Waals surface area contributed by atoms with Crippen molar-refractivity contribution in [1.29, 1.82) is 0 Å². The number of anilines is 1. The van der Waals surface area contributed by atoms with Gasteiger partial charge in [-0.25, -0.2) is 4.68 Å². The first kappa shape index (κ1) is 11.9. The maximum absolute atomic E-state index is 11.8. The molecular formula is C14H16N4O. The molecule has 2 aromatic rings. The monoisotopic (exact) mass is 256 g/mol. The number of benzene rings is 1. The van der Waals surface area contributed by atoms with E-state index in [9.17, 15) is 4.79 Å². The quantitative estimate of drug-likeness (QED) is 0.869. The van der Waals surface area contributed by atoms with Gasteiger partial charge in [0, 0.05) is 24.5 Å². The molecule has 0 bridgehead atoms. The van der Waals surface area contributed by atoms with Gasteiger partial charge < -0.3 is 10.6 Å². The molecule has 1 aromatic carbocycles. The summed E-state index contributed by atoms with van der Waals surface area (Å²) < 4.78 is 1.78. The van der Waals surface area contributed by atoms with Gasteiger partial charge >= 0.3 is 0 Å². The molecule has 1 fully saturated rings. The van der Waals surface area contributed by atoms with Gasteiger partial charge in [-0.2, -0.15) is 5.10 Å². The van der Waals surface area contributed by atoms with Crippen molar-refractivity contribution < 1.29 is 4.79 Å². The number of rotatable bonds is 4. The van der Waals surface area contributed by atoms with E-state index < -0.39 is 0 Å². The molecule has 0 spiro atoms. The number of hydrogen-bond acceptors (Lipinski definition) is 3. The predicted octanol–water partition coefficient (Wildman–Crippen LogP) is 1.42. The Labute approximate surface area is 111 Å². The van der Waals surface area contributed by atoms with Gasteiger partial charge in [-0.3, -0.25) is 4.79 Å². The Hall–Kier alpha value is -2.14. The summed E-state index contributed by atoms with van der Waals surface area (Å²) >= 11 is 0. The van der Waals surface area contributed by atoms with Crippen molar-refractivity contribution in [1.82, 2.24) is 15.1 Å². The fourth-order valence-electron chi connectivity index (χ4n) is 2.09. The van der Waals surface area contributed by atoms with Crippen LogP contribution in [-0.2, 0) is 4.79 Å². The molecule has 3 rings (SSSR count). The van der Waals surface area contributed by atoms with E-state index in [1.807, 2.05) is 36.5 Å². The molecule has 0 radical (unpaired) electrons. The molecule has 2 heterocycles. The van der Waals surface area contributed by atoms with Crippen LogP contribution in [0.4, 0.5) is 5.69 Å². The fraction of sp³-hybridized carbons (Fsp3) is 0.286. The molecule has 1 aliphatic rings. The first-order valence-corrected chi connectivity index (χ1v) is 6.42. The lowest BCUT2D eigenvalue weighted by atomic mass is 9.99. The smallest absolute Gasteiger partial charge is 0.224 e. The van der Waals surface area contributed by atoms with Crippen LogP contribution in [0.3, 0.4) is 0 Å². The second-order valence-electron chi connectivity index (χ2n) is 4.77. The minimum Gasteiger partial charge on any atom is -0.326 e. The maximum Gasteiger partial charge on any atom is 0.224 e. The number of nitrogens with zero attached hydrogens (tertiary/aromatic N) is 2. The Kier molecular flexibility index (Phi) is 3.29. The summed E-state index contributed by atoms with van der Waals surface area (Å²) in [6, 6.07) is 9.55. The van der Waals surface area contributed by atoms with Crippen molar-refractivity contribution in [3.8, 4) is 5.69 Å². The van der Waals surface area contributed by atoms with Crippen molar-refractivity contribution in [2.75, 3.05) is 18.4 Å². The van der Waals surface area contributed by atoms with Gasteiger partial charge in [-0.15, -0.1) is 0 Å². The Bertz CT molecular complexity index is 543. The van der Waals surface area contributed by atoms with Crippen LogP contribution in [0.25, 0.3) is 5.69 Å². The molecule has 5 nitrogen and oxygen atoms in total. The number of carbonyl (C=O) groups is 1. The molecule has 0 aliphatic carbocycles. The second-order valence-corrected chi connectivity index (χ2v) is 4.77. The molecule has 0 saturated carbocycles. The Morgan fingerprint density at radius 3 is 2.74 bits per heavy atom. The third kappa shape index (κ3) is 2.82. The maximum atomic E-state index is 11.8. The van der Waals surface area contributed by atoms with E-state index in [4.69, 9.17) is 0 Å². The van der Waals surface area contributed by atoms with Crippen molar-refractivity contribution >= 4 is 11.6 Å². The van der Waals surface area contributed by atoms with Crippen LogP contribution in [0.1, 0.15) is 6.42 Å². The van der Waals surface area contributed by atoms with Crippen molar-refractivity contribution in [3.05, 3.63) is 42.7 Å². The lowest BCUT2D eigenvalue weighted by Gasteiger charge is -2.26. The van der Waals surface area contributed by atoms with Gasteiger partial charge in [-0.1, -0.05) is 0 Å². The molecule has 5 heteroatoms. The average Bonchev–Trinajstić information content (AvgIpc) is 2.89. The van der Waals surface area contributed by atoms with E-state index in [1.165, 1.54) is 0 Å². The van der Waals surface area contributed by atoms with Gasteiger partial charge in [0.1, 0.15) is 0 Å². The van der Waals surface area contributed by atoms with Crippen LogP contribution in [-0.4, -0.2) is 28.8 Å². The minimum absolute atomic E-state index is 0.0818. The Balaban J connectivity index is 1.61. The van der Waals surface area contributed by atoms with Gasteiger partial charge in [0.25, 0.3) is 0 Å². The zero-order valence-electron chi connectivity index (χ0n) is 10.5. The van der Waals surface area contributed by atoms with Crippen LogP contribution < -0.4 is 10.6 Å². The largest absolute Gasteiger partial charge is 0.326 e. The molecule has 0 atom stereocenters. The molecule has 1 saturated heterocycles. The zero-order valence-corrected chi connectivity index (χ0v) is 10.5. The standard InChI is InChI=1S/C14H16N4O/c19-14(8-11-9-15-10-11)17-12-2-4-13(5-3-12)18-7-1-6-16-18/h1-7,11,15H,8-10H2,(H,17,19). The molecule has 19 heavy (non-hydrogen) atoms. The second kappa shape index (κ2) is 5.24. The third-order valence-electron chi connectivity index (χ3n) is 3.26. The summed E-state index contributed by atoms with van der Waals surface area (Å²) in [6.45, 7) is 1.90. The van der Waals surface area contributed by atoms with Crippen LogP contribution in [0.2, 0.25) is 0 Å². The van der Waals surface area contributed by atoms with Gasteiger partial charge in [0.05, 0.1) is 5.69 Å². The first-order valence-electron chi connectivity index (χ1n) is 6.42. The van der Waals surface area contributed by atoms with Crippen molar-refractivity contribution in [2.45, 2.75) is 6.42 Å². The van der Waals surface area contributed by atoms with Crippen LogP contribution in [0.15, 0.2) is 42.7 Å². The summed E-state index contributed by atoms with van der Waals surface area (Å²) in [6.07, 6.45) is 4.22. The van der Waals surface area contributed by atoms with E-state index in [2.05, 4.69) is 15.7 Å². The van der Waals surface area contributed by atoms with Crippen LogP contribution >= 0.6 is 0 Å². The van der Waals surface area contributed by atoms with E-state index >= 15 is 0 Å². The van der Waals surface area contributed by atoms with E-state index in [0.29, 0.717) is 12.3 Å². The van der Waals surface area contributed by atoms with E-state index in [1.54, 1.807) is 10.9 Å². The third-order valence-corrected chi connectivity index (χ3v) is 3.26. The van der Waals surface area contributed by atoms with E-state index in [-0.39, 0.29) is 5.91 Å². The highest BCUT2D eigenvalue weighted by molar-refractivity contribution is 5.91. The number of carbonyl (C=O) groups excluding carboxylic acids is 1. The summed E-state index contributed by atoms with van der Waals surface area (Å²) in [4.78, 5) is 11.8. The SMILES string of the molecule is O=C(CC1CNC1)Nc1ccc(-n2cccn2)cc1. The van der Waals surface area contributed by atoms with Crippen LogP contribution in [0, 0.1) is 5.92 Å². The first-order chi connectivity index (χ1) is 9.31. The lowest BCUT2D eigenvalue weighted by Crippen LogP contribution is -2.43.